The lowest BCUT2D eigenvalue weighted by atomic mass is 9.66. The number of hydrogen-bond donors (Lipinski definition) is 0. The zero-order valence-corrected chi connectivity index (χ0v) is 39.3. The second-order valence-electron chi connectivity index (χ2n) is 20.0. The highest BCUT2D eigenvalue weighted by atomic mass is 16.3. The molecular formula is C67H48N2O. The lowest BCUT2D eigenvalue weighted by Crippen LogP contribution is -2.29. The third-order valence-electron chi connectivity index (χ3n) is 15.2. The van der Waals surface area contributed by atoms with Crippen LogP contribution in [0.15, 0.2) is 241 Å². The van der Waals surface area contributed by atoms with Crippen molar-refractivity contribution in [3.05, 3.63) is 264 Å². The van der Waals surface area contributed by atoms with Crippen LogP contribution in [0.25, 0.3) is 82.1 Å². The zero-order chi connectivity index (χ0) is 46.7. The fraction of sp³-hybridized carbons (Fsp3) is 0.0746. The van der Waals surface area contributed by atoms with E-state index in [0.717, 1.165) is 55.8 Å². The molecule has 2 heterocycles. The molecule has 3 nitrogen and oxygen atoms in total. The number of rotatable bonds is 6. The molecule has 0 atom stereocenters. The first-order valence-electron chi connectivity index (χ1n) is 24.4. The largest absolute Gasteiger partial charge is 0.455 e. The second kappa shape index (κ2) is 15.2. The Labute approximate surface area is 407 Å². The number of fused-ring (bicyclic) bond motifs is 15. The van der Waals surface area contributed by atoms with Crippen LogP contribution in [0.2, 0.25) is 0 Å². The lowest BCUT2D eigenvalue weighted by molar-refractivity contribution is 0.590. The molecule has 0 N–H and O–H groups in total. The predicted molar refractivity (Wildman–Crippen MR) is 294 cm³/mol. The summed E-state index contributed by atoms with van der Waals surface area (Å²) in [5.74, 6) is 0. The van der Waals surface area contributed by atoms with E-state index in [-0.39, 0.29) is 5.41 Å². The van der Waals surface area contributed by atoms with Crippen LogP contribution in [0, 0.1) is 0 Å². The third-order valence-corrected chi connectivity index (χ3v) is 15.2. The normalized spacial score (nSPS) is 13.2. The fourth-order valence-electron chi connectivity index (χ4n) is 12.2. The minimum atomic E-state index is -0.746. The Balaban J connectivity index is 1.18. The van der Waals surface area contributed by atoms with Gasteiger partial charge >= 0.3 is 0 Å². The van der Waals surface area contributed by atoms with Gasteiger partial charge in [-0.2, -0.15) is 0 Å². The number of para-hydroxylation sites is 3. The van der Waals surface area contributed by atoms with Crippen molar-refractivity contribution < 1.29 is 4.42 Å². The van der Waals surface area contributed by atoms with Crippen molar-refractivity contribution in [3.8, 4) is 16.8 Å². The van der Waals surface area contributed by atoms with Crippen molar-refractivity contribution in [2.75, 3.05) is 4.90 Å². The van der Waals surface area contributed by atoms with Crippen molar-refractivity contribution in [3.63, 3.8) is 0 Å². The third kappa shape index (κ3) is 5.69. The number of benzene rings is 11. The highest BCUT2D eigenvalue weighted by Crippen LogP contribution is 2.64. The van der Waals surface area contributed by atoms with Gasteiger partial charge in [-0.05, 0) is 115 Å². The Kier molecular flexibility index (Phi) is 8.76. The number of anilines is 3. The van der Waals surface area contributed by atoms with E-state index in [0.29, 0.717) is 0 Å². The summed E-state index contributed by atoms with van der Waals surface area (Å²) in [7, 11) is 0. The van der Waals surface area contributed by atoms with E-state index in [1.165, 1.54) is 71.2 Å². The van der Waals surface area contributed by atoms with Crippen LogP contribution in [0.5, 0.6) is 0 Å². The summed E-state index contributed by atoms with van der Waals surface area (Å²) >= 11 is 0. The molecule has 11 aromatic carbocycles. The van der Waals surface area contributed by atoms with Gasteiger partial charge < -0.3 is 13.9 Å². The van der Waals surface area contributed by atoms with Gasteiger partial charge in [0, 0.05) is 38.8 Å². The highest BCUT2D eigenvalue weighted by Gasteiger charge is 2.50. The van der Waals surface area contributed by atoms with Crippen LogP contribution in [0.4, 0.5) is 17.1 Å². The average Bonchev–Trinajstić information content (AvgIpc) is 4.06. The molecule has 0 amide bonds. The molecule has 0 saturated heterocycles. The van der Waals surface area contributed by atoms with E-state index in [4.69, 9.17) is 4.42 Å². The maximum Gasteiger partial charge on any atom is 0.145 e. The molecule has 0 unspecified atom stereocenters. The SMILES string of the molecule is CC(C)(C)c1ccc(N(c2ccc3c4ccccc4n(-c4ccccc4)c3c2)c2cc3c(c4oc5ccccc5c24)-c2c(c4ccccc4c4ccccc24)C3(c2ccccc2)c2ccccc2)cc1. The van der Waals surface area contributed by atoms with E-state index in [9.17, 15) is 0 Å². The smallest absolute Gasteiger partial charge is 0.145 e. The molecular weight excluding hydrogens is 849 g/mol. The summed E-state index contributed by atoms with van der Waals surface area (Å²) < 4.78 is 9.88. The molecule has 0 spiro atoms. The Hall–Kier alpha value is -8.66. The van der Waals surface area contributed by atoms with E-state index >= 15 is 0 Å². The monoisotopic (exact) mass is 896 g/mol. The van der Waals surface area contributed by atoms with Crippen LogP contribution in [0.1, 0.15) is 48.6 Å². The molecule has 3 heteroatoms. The molecule has 1 aliphatic carbocycles. The quantitative estimate of drug-likeness (QED) is 0.155. The van der Waals surface area contributed by atoms with Crippen LogP contribution in [0.3, 0.4) is 0 Å². The minimum Gasteiger partial charge on any atom is -0.455 e. The first-order chi connectivity index (χ1) is 34.4. The van der Waals surface area contributed by atoms with Gasteiger partial charge in [0.05, 0.1) is 27.5 Å². The number of nitrogens with zero attached hydrogens (tertiary/aromatic N) is 2. The van der Waals surface area contributed by atoms with Gasteiger partial charge in [0.15, 0.2) is 0 Å². The molecule has 13 aromatic rings. The zero-order valence-electron chi connectivity index (χ0n) is 39.3. The Morgan fingerprint density at radius 1 is 0.429 bits per heavy atom. The van der Waals surface area contributed by atoms with E-state index < -0.39 is 5.41 Å². The van der Waals surface area contributed by atoms with Gasteiger partial charge in [0.25, 0.3) is 0 Å². The Bertz CT molecular complexity index is 4160. The van der Waals surface area contributed by atoms with Gasteiger partial charge in [-0.25, -0.2) is 0 Å². The Morgan fingerprint density at radius 2 is 0.957 bits per heavy atom. The van der Waals surface area contributed by atoms with Gasteiger partial charge in [-0.15, -0.1) is 0 Å². The minimum absolute atomic E-state index is 0.0250. The maximum atomic E-state index is 7.46. The summed E-state index contributed by atoms with van der Waals surface area (Å²) in [6.07, 6.45) is 0. The first-order valence-corrected chi connectivity index (χ1v) is 24.4. The van der Waals surface area contributed by atoms with Crippen molar-refractivity contribution in [1.29, 1.82) is 0 Å². The summed E-state index contributed by atoms with van der Waals surface area (Å²) in [4.78, 5) is 2.50. The van der Waals surface area contributed by atoms with E-state index in [1.54, 1.807) is 0 Å². The second-order valence-corrected chi connectivity index (χ2v) is 20.0. The van der Waals surface area contributed by atoms with E-state index in [2.05, 4.69) is 267 Å². The standard InChI is InChI=1S/C67H48N2O/c1-66(2,3)43-35-37-47(38-36-43)68(48-39-40-52-51-29-17-19-33-57(51)69(58(52)41-48)46-25-11-6-12-26-46)59-42-56-63(65-61(59)55-32-18-20-34-60(55)70-65)62-53-30-15-13-27-49(53)50-28-14-16-31-54(50)64(62)67(56,44-21-7-4-8-22-44)45-23-9-5-10-24-45/h4-42H,1-3H3. The van der Waals surface area contributed by atoms with Crippen LogP contribution in [-0.4, -0.2) is 4.57 Å². The summed E-state index contributed by atoms with van der Waals surface area (Å²) in [5.41, 5.74) is 16.1. The van der Waals surface area contributed by atoms with Gasteiger partial charge in [0.1, 0.15) is 11.2 Å². The fourth-order valence-corrected chi connectivity index (χ4v) is 12.2. The molecule has 0 fully saturated rings. The summed E-state index contributed by atoms with van der Waals surface area (Å²) in [6, 6.07) is 87.4. The van der Waals surface area contributed by atoms with Gasteiger partial charge in [-0.1, -0.05) is 203 Å². The van der Waals surface area contributed by atoms with Crippen molar-refractivity contribution >= 4 is 82.4 Å². The number of furan rings is 1. The van der Waals surface area contributed by atoms with Crippen LogP contribution < -0.4 is 4.90 Å². The first kappa shape index (κ1) is 40.4. The van der Waals surface area contributed by atoms with Crippen LogP contribution in [-0.2, 0) is 10.8 Å². The molecule has 1 aliphatic rings. The molecule has 0 bridgehead atoms. The lowest BCUT2D eigenvalue weighted by Gasteiger charge is -2.36. The van der Waals surface area contributed by atoms with Crippen molar-refractivity contribution in [2.24, 2.45) is 0 Å². The average molecular weight is 897 g/mol. The highest BCUT2D eigenvalue weighted by molar-refractivity contribution is 6.26. The van der Waals surface area contributed by atoms with Crippen LogP contribution >= 0.6 is 0 Å². The van der Waals surface area contributed by atoms with Gasteiger partial charge in [0.2, 0.25) is 0 Å². The van der Waals surface area contributed by atoms with E-state index in [1.807, 2.05) is 0 Å². The summed E-state index contributed by atoms with van der Waals surface area (Å²) in [6.45, 7) is 6.86. The number of hydrogen-bond acceptors (Lipinski definition) is 2. The summed E-state index contributed by atoms with van der Waals surface area (Å²) in [5, 5.41) is 9.52. The number of aromatic nitrogens is 1. The predicted octanol–water partition coefficient (Wildman–Crippen LogP) is 18.1. The molecule has 0 saturated carbocycles. The van der Waals surface area contributed by atoms with Gasteiger partial charge in [-0.3, -0.25) is 0 Å². The Morgan fingerprint density at radius 3 is 1.63 bits per heavy atom. The van der Waals surface area contributed by atoms with Crippen molar-refractivity contribution in [1.82, 2.24) is 4.57 Å². The molecule has 0 aliphatic heterocycles. The molecule has 332 valence electrons. The molecule has 70 heavy (non-hydrogen) atoms. The van der Waals surface area contributed by atoms with Crippen molar-refractivity contribution in [2.45, 2.75) is 31.6 Å². The maximum absolute atomic E-state index is 7.46. The molecule has 14 rings (SSSR count). The topological polar surface area (TPSA) is 21.3 Å². The molecule has 2 aromatic heterocycles. The molecule has 0 radical (unpaired) electrons.